The zero-order valence-electron chi connectivity index (χ0n) is 12.8. The molecule has 11 bridgehead atoms. The second-order valence-corrected chi connectivity index (χ2v) is 15.1. The van der Waals surface area contributed by atoms with Crippen molar-refractivity contribution in [3.05, 3.63) is 0 Å². The van der Waals surface area contributed by atoms with E-state index >= 15 is 0 Å². The molecule has 0 radical (unpaired) electrons. The number of hydrogen-bond donors (Lipinski definition) is 0. The fourth-order valence-corrected chi connectivity index (χ4v) is 15.4. The van der Waals surface area contributed by atoms with Crippen LogP contribution in [0.25, 0.3) is 0 Å². The third-order valence-corrected chi connectivity index (χ3v) is 14.0. The smallest absolute Gasteiger partial charge is 0.260 e. The molecule has 1 nitrogen and oxygen atoms in total. The van der Waals surface area contributed by atoms with Gasteiger partial charge in [-0.1, -0.05) is 0 Å². The van der Waals surface area contributed by atoms with Gasteiger partial charge in [0.25, 0.3) is 5.85 Å². The molecule has 10 saturated carbocycles. The van der Waals surface area contributed by atoms with Gasteiger partial charge in [0.1, 0.15) is 0 Å². The molecule has 9 atom stereocenters. The van der Waals surface area contributed by atoms with Crippen molar-refractivity contribution in [2.75, 3.05) is 0 Å². The molecule has 0 aliphatic heterocycles. The lowest BCUT2D eigenvalue weighted by molar-refractivity contribution is -0.337. The average Bonchev–Trinajstić information content (AvgIpc) is 2.41. The van der Waals surface area contributed by atoms with E-state index in [0.29, 0.717) is 17.3 Å². The Morgan fingerprint density at radius 3 is 2.36 bits per heavy atom. The maximum absolute atomic E-state index is 13.5. The van der Waals surface area contributed by atoms with Crippen LogP contribution in [-0.2, 0) is 4.57 Å². The van der Waals surface area contributed by atoms with Crippen molar-refractivity contribution in [2.45, 2.75) is 50.1 Å². The van der Waals surface area contributed by atoms with E-state index in [1.54, 1.807) is 0 Å². The summed E-state index contributed by atoms with van der Waals surface area (Å²) in [5, 5.41) is -0.140. The van der Waals surface area contributed by atoms with Gasteiger partial charge in [0.15, 0.2) is 0 Å². The van der Waals surface area contributed by atoms with Crippen LogP contribution >= 0.6 is 28.3 Å². The highest BCUT2D eigenvalue weighted by Gasteiger charge is 2.88. The summed E-state index contributed by atoms with van der Waals surface area (Å²) >= 11 is 13.4. The van der Waals surface area contributed by atoms with Gasteiger partial charge in [-0.2, -0.15) is 0 Å². The lowest BCUT2D eigenvalue weighted by atomic mass is 9.21. The summed E-state index contributed by atoms with van der Waals surface area (Å²) in [6.45, 7) is 0. The molecule has 0 N–H and O–H groups in total. The third-order valence-electron chi connectivity index (χ3n) is 10.4. The van der Waals surface area contributed by atoms with Crippen LogP contribution in [-0.4, -0.2) is 5.16 Å². The Bertz CT molecular complexity index is 653. The third kappa shape index (κ3) is 0.969. The lowest BCUT2D eigenvalue weighted by Crippen LogP contribution is -2.85. The Kier molecular flexibility index (Phi) is 2.01. The van der Waals surface area contributed by atoms with Crippen LogP contribution in [0.5, 0.6) is 0 Å². The van der Waals surface area contributed by atoms with E-state index in [2.05, 4.69) is 0 Å². The Morgan fingerprint density at radius 1 is 0.864 bits per heavy atom. The number of hydrogen-bond acceptors (Lipinski definition) is 1. The van der Waals surface area contributed by atoms with Crippen molar-refractivity contribution in [2.24, 2.45) is 58.7 Å². The van der Waals surface area contributed by atoms with E-state index in [9.17, 15) is 4.57 Å². The van der Waals surface area contributed by atoms with Crippen molar-refractivity contribution < 1.29 is 4.57 Å². The van der Waals surface area contributed by atoms with Crippen molar-refractivity contribution in [1.29, 1.82) is 0 Å². The molecule has 22 heavy (non-hydrogen) atoms. The van der Waals surface area contributed by atoms with Gasteiger partial charge in [0.05, 0.1) is 5.16 Å². The molecule has 0 aromatic carbocycles. The van der Waals surface area contributed by atoms with Crippen LogP contribution in [0.3, 0.4) is 0 Å². The van der Waals surface area contributed by atoms with Gasteiger partial charge in [-0.05, 0) is 126 Å². The first-order chi connectivity index (χ1) is 10.5. The quantitative estimate of drug-likeness (QED) is 0.546. The van der Waals surface area contributed by atoms with Gasteiger partial charge in [0, 0.05) is 0 Å². The predicted octanol–water partition coefficient (Wildman–Crippen LogP) is 5.75. The monoisotopic (exact) mass is 356 g/mol. The highest BCUT2D eigenvalue weighted by molar-refractivity contribution is 8.09. The first-order valence-electron chi connectivity index (χ1n) is 9.48. The summed E-state index contributed by atoms with van der Waals surface area (Å²) < 4.78 is 13.5. The molecule has 0 aromatic rings. The van der Waals surface area contributed by atoms with Gasteiger partial charge in [-0.3, -0.25) is 4.57 Å². The molecule has 4 heteroatoms. The van der Waals surface area contributed by atoms with E-state index < -0.39 is 5.85 Å². The molecule has 0 amide bonds. The van der Waals surface area contributed by atoms with Gasteiger partial charge in [-0.15, -0.1) is 0 Å². The fraction of sp³-hybridized carbons (Fsp3) is 1.00. The fourth-order valence-electron chi connectivity index (χ4n) is 10.7. The molecule has 10 aliphatic rings. The van der Waals surface area contributed by atoms with Gasteiger partial charge < -0.3 is 0 Å². The summed E-state index contributed by atoms with van der Waals surface area (Å²) in [5.74, 6) is 4.09. The van der Waals surface area contributed by atoms with E-state index in [1.165, 1.54) is 44.9 Å². The van der Waals surface area contributed by atoms with Crippen LogP contribution in [0.4, 0.5) is 0 Å². The number of halogens is 2. The van der Waals surface area contributed by atoms with Gasteiger partial charge in [0.2, 0.25) is 0 Å². The molecule has 0 heterocycles. The summed E-state index contributed by atoms with van der Waals surface area (Å²) in [5.41, 5.74) is 0.301. The Balaban J connectivity index is 1.62. The second kappa shape index (κ2) is 3.39. The molecule has 120 valence electrons. The molecule has 10 aliphatic carbocycles. The molecule has 1 spiro atoms. The first kappa shape index (κ1) is 13.1. The van der Waals surface area contributed by atoms with E-state index in [-0.39, 0.29) is 5.16 Å². The molecular weight excluding hydrogens is 334 g/mol. The maximum Gasteiger partial charge on any atom is 0.260 e. The Hall–Kier alpha value is 0.810. The zero-order valence-corrected chi connectivity index (χ0v) is 15.2. The van der Waals surface area contributed by atoms with Crippen molar-refractivity contribution in [1.82, 2.24) is 0 Å². The zero-order chi connectivity index (χ0) is 14.6. The van der Waals surface area contributed by atoms with Crippen molar-refractivity contribution in [3.8, 4) is 0 Å². The Morgan fingerprint density at radius 2 is 1.59 bits per heavy atom. The number of rotatable bonds is 1. The average molecular weight is 357 g/mol. The molecule has 0 saturated heterocycles. The molecule has 10 rings (SSSR count). The highest BCUT2D eigenvalue weighted by Crippen LogP contribution is 2.96. The minimum absolute atomic E-state index is 0.140. The van der Waals surface area contributed by atoms with E-state index in [1.807, 2.05) is 0 Å². The van der Waals surface area contributed by atoms with E-state index in [0.717, 1.165) is 41.4 Å². The minimum atomic E-state index is -3.10. The molecular formula is C18H23Cl2OP. The maximum atomic E-state index is 13.5. The van der Waals surface area contributed by atoms with Crippen LogP contribution in [0.1, 0.15) is 44.9 Å². The van der Waals surface area contributed by atoms with Gasteiger partial charge >= 0.3 is 0 Å². The summed E-state index contributed by atoms with van der Waals surface area (Å²) in [6, 6.07) is 0. The summed E-state index contributed by atoms with van der Waals surface area (Å²) in [6.07, 6.45) is 9.83. The van der Waals surface area contributed by atoms with E-state index in [4.69, 9.17) is 22.5 Å². The topological polar surface area (TPSA) is 17.1 Å². The summed E-state index contributed by atoms with van der Waals surface area (Å²) in [7, 11) is 0. The molecule has 0 aromatic heterocycles. The minimum Gasteiger partial charge on any atom is -0.289 e. The Labute approximate surface area is 141 Å². The SMILES string of the molecule is O=P(Cl)(Cl)C12C3C4CC(C4)[C@]14C[C@H]1C[C@@H]5C(CC3CC54)[C@@H]2C1. The van der Waals surface area contributed by atoms with Crippen LogP contribution in [0, 0.1) is 58.7 Å². The highest BCUT2D eigenvalue weighted by atomic mass is 35.9. The standard InChI is InChI=1S/C18H23Cl2OP/c19-22(20,21)18-15-2-8-1-12-13(15)5-10-6-14(12)17(18,7-8)11-3-9(4-11)16(10)18/h8-16H,1-7H2/t8-,9?,10?,11?,12+,13?,14?,15-,16?,17-,18?/m0/s1. The van der Waals surface area contributed by atoms with Crippen molar-refractivity contribution >= 4 is 28.3 Å². The second-order valence-electron chi connectivity index (χ2n) is 10.1. The van der Waals surface area contributed by atoms with Crippen molar-refractivity contribution in [3.63, 3.8) is 0 Å². The largest absolute Gasteiger partial charge is 0.289 e. The molecule has 10 fully saturated rings. The predicted molar refractivity (Wildman–Crippen MR) is 88.2 cm³/mol. The van der Waals surface area contributed by atoms with Crippen LogP contribution in [0.2, 0.25) is 0 Å². The summed E-state index contributed by atoms with van der Waals surface area (Å²) in [4.78, 5) is 0. The first-order valence-corrected chi connectivity index (χ1v) is 13.0. The lowest BCUT2D eigenvalue weighted by Gasteiger charge is -2.87. The normalized spacial score (nSPS) is 71.8. The van der Waals surface area contributed by atoms with Crippen LogP contribution < -0.4 is 0 Å². The molecule has 5 unspecified atom stereocenters. The van der Waals surface area contributed by atoms with Crippen LogP contribution in [0.15, 0.2) is 0 Å². The van der Waals surface area contributed by atoms with Gasteiger partial charge in [-0.25, -0.2) is 0 Å².